The van der Waals surface area contributed by atoms with E-state index in [1.807, 2.05) is 0 Å². The number of rotatable bonds is 1. The summed E-state index contributed by atoms with van der Waals surface area (Å²) in [6, 6.07) is 0. The van der Waals surface area contributed by atoms with E-state index >= 15 is 0 Å². The molecule has 0 aromatic heterocycles. The Balaban J connectivity index is 2.79. The van der Waals surface area contributed by atoms with E-state index in [0.29, 0.717) is 11.0 Å². The largest absolute Gasteiger partial charge is 0.312 e. The zero-order valence-corrected chi connectivity index (χ0v) is 9.91. The van der Waals surface area contributed by atoms with Crippen molar-refractivity contribution < 1.29 is 0 Å². The molecule has 1 heterocycles. The third kappa shape index (κ3) is 2.46. The first-order valence-electron chi connectivity index (χ1n) is 5.65. The second-order valence-electron chi connectivity index (χ2n) is 5.68. The molecule has 2 atom stereocenters. The summed E-state index contributed by atoms with van der Waals surface area (Å²) in [5.74, 6) is 0.853. The molecule has 1 nitrogen and oxygen atoms in total. The minimum absolute atomic E-state index is 0.329. The smallest absolute Gasteiger partial charge is 0.0130 e. The fraction of sp³-hybridized carbons (Fsp3) is 1.00. The van der Waals surface area contributed by atoms with Crippen LogP contribution in [0.2, 0.25) is 0 Å². The molecule has 1 aliphatic heterocycles. The van der Waals surface area contributed by atoms with Gasteiger partial charge in [0.05, 0.1) is 0 Å². The van der Waals surface area contributed by atoms with Gasteiger partial charge >= 0.3 is 0 Å². The molecule has 78 valence electrons. The Kier molecular flexibility index (Phi) is 3.06. The summed E-state index contributed by atoms with van der Waals surface area (Å²) in [5, 5.41) is 3.64. The Morgan fingerprint density at radius 3 is 2.46 bits per heavy atom. The lowest BCUT2D eigenvalue weighted by atomic mass is 9.69. The maximum absolute atomic E-state index is 3.64. The van der Waals surface area contributed by atoms with Crippen LogP contribution in [0, 0.1) is 11.3 Å². The molecular weight excluding hydrogens is 158 g/mol. The maximum atomic E-state index is 3.64. The van der Waals surface area contributed by atoms with Gasteiger partial charge in [-0.3, -0.25) is 0 Å². The molecule has 0 aromatic rings. The molecule has 1 aliphatic rings. The highest BCUT2D eigenvalue weighted by atomic mass is 15.0. The normalized spacial score (nSPS) is 39.9. The van der Waals surface area contributed by atoms with Crippen molar-refractivity contribution in [2.24, 2.45) is 11.3 Å². The quantitative estimate of drug-likeness (QED) is 0.658. The lowest BCUT2D eigenvalue weighted by Gasteiger charge is -2.38. The highest BCUT2D eigenvalue weighted by Crippen LogP contribution is 2.42. The first-order valence-corrected chi connectivity index (χ1v) is 5.65. The van der Waals surface area contributed by atoms with Gasteiger partial charge in [0, 0.05) is 5.54 Å². The summed E-state index contributed by atoms with van der Waals surface area (Å²) >= 11 is 0. The predicted molar refractivity (Wildman–Crippen MR) is 58.9 cm³/mol. The molecule has 1 rings (SSSR count). The van der Waals surface area contributed by atoms with E-state index in [9.17, 15) is 0 Å². The van der Waals surface area contributed by atoms with E-state index in [4.69, 9.17) is 0 Å². The highest BCUT2D eigenvalue weighted by molar-refractivity contribution is 4.92. The highest BCUT2D eigenvalue weighted by Gasteiger charge is 2.37. The zero-order valence-electron chi connectivity index (χ0n) is 9.91. The van der Waals surface area contributed by atoms with Crippen LogP contribution in [-0.2, 0) is 0 Å². The summed E-state index contributed by atoms with van der Waals surface area (Å²) in [6.07, 6.45) is 3.94. The van der Waals surface area contributed by atoms with Crippen LogP contribution in [0.5, 0.6) is 0 Å². The minimum atomic E-state index is 0.329. The van der Waals surface area contributed by atoms with Gasteiger partial charge in [-0.2, -0.15) is 0 Å². The average molecular weight is 183 g/mol. The number of hydrogen-bond donors (Lipinski definition) is 1. The molecule has 0 amide bonds. The van der Waals surface area contributed by atoms with Gasteiger partial charge in [-0.25, -0.2) is 0 Å². The van der Waals surface area contributed by atoms with Gasteiger partial charge in [-0.15, -0.1) is 0 Å². The van der Waals surface area contributed by atoms with Crippen LogP contribution >= 0.6 is 0 Å². The lowest BCUT2D eigenvalue weighted by molar-refractivity contribution is 0.149. The molecule has 0 saturated carbocycles. The average Bonchev–Trinajstić information content (AvgIpc) is 2.11. The summed E-state index contributed by atoms with van der Waals surface area (Å²) in [7, 11) is 0. The first kappa shape index (κ1) is 11.0. The molecule has 1 N–H and O–H groups in total. The minimum Gasteiger partial charge on any atom is -0.312 e. The molecule has 0 aromatic carbocycles. The van der Waals surface area contributed by atoms with Crippen molar-refractivity contribution >= 4 is 0 Å². The first-order chi connectivity index (χ1) is 5.90. The van der Waals surface area contributed by atoms with Crippen molar-refractivity contribution in [3.63, 3.8) is 0 Å². The fourth-order valence-electron chi connectivity index (χ4n) is 2.70. The van der Waals surface area contributed by atoms with Crippen molar-refractivity contribution in [3.8, 4) is 0 Å². The van der Waals surface area contributed by atoms with Crippen LogP contribution in [0.4, 0.5) is 0 Å². The molecule has 0 radical (unpaired) electrons. The summed E-state index contributed by atoms with van der Waals surface area (Å²) in [4.78, 5) is 0. The molecule has 0 spiro atoms. The van der Waals surface area contributed by atoms with Crippen molar-refractivity contribution in [1.82, 2.24) is 5.32 Å². The maximum Gasteiger partial charge on any atom is 0.0130 e. The Morgan fingerprint density at radius 1 is 1.31 bits per heavy atom. The van der Waals surface area contributed by atoms with Crippen molar-refractivity contribution in [1.29, 1.82) is 0 Å². The van der Waals surface area contributed by atoms with E-state index in [2.05, 4.69) is 39.9 Å². The van der Waals surface area contributed by atoms with E-state index < -0.39 is 0 Å². The predicted octanol–water partition coefficient (Wildman–Crippen LogP) is 3.20. The van der Waals surface area contributed by atoms with Crippen molar-refractivity contribution in [2.45, 2.75) is 59.4 Å². The molecule has 1 heteroatoms. The third-order valence-electron chi connectivity index (χ3n) is 4.02. The van der Waals surface area contributed by atoms with Crippen LogP contribution in [0.25, 0.3) is 0 Å². The van der Waals surface area contributed by atoms with Crippen molar-refractivity contribution in [2.75, 3.05) is 6.54 Å². The van der Waals surface area contributed by atoms with Gasteiger partial charge in [-0.1, -0.05) is 27.2 Å². The van der Waals surface area contributed by atoms with Gasteiger partial charge in [0.1, 0.15) is 0 Å². The molecule has 1 fully saturated rings. The Labute approximate surface area is 83.3 Å². The van der Waals surface area contributed by atoms with E-state index in [-0.39, 0.29) is 0 Å². The monoisotopic (exact) mass is 183 g/mol. The van der Waals surface area contributed by atoms with Crippen molar-refractivity contribution in [3.05, 3.63) is 0 Å². The lowest BCUT2D eigenvalue weighted by Crippen LogP contribution is -2.41. The SMILES string of the molecule is CCC1(C)CC(C)(C)NCCC1C. The molecular formula is C12H25N. The van der Waals surface area contributed by atoms with E-state index in [1.165, 1.54) is 25.8 Å². The number of hydrogen-bond acceptors (Lipinski definition) is 1. The topological polar surface area (TPSA) is 12.0 Å². The van der Waals surface area contributed by atoms with Gasteiger partial charge in [0.25, 0.3) is 0 Å². The standard InChI is InChI=1S/C12H25N/c1-6-12(5)9-11(3,4)13-8-7-10(12)2/h10,13H,6-9H2,1-5H3. The van der Waals surface area contributed by atoms with E-state index in [0.717, 1.165) is 5.92 Å². The molecule has 1 saturated heterocycles. The number of nitrogens with one attached hydrogen (secondary N) is 1. The summed E-state index contributed by atoms with van der Waals surface area (Å²) in [5.41, 5.74) is 0.864. The summed E-state index contributed by atoms with van der Waals surface area (Å²) < 4.78 is 0. The molecule has 0 bridgehead atoms. The Bertz CT molecular complexity index is 174. The zero-order chi connectivity index (χ0) is 10.1. The summed E-state index contributed by atoms with van der Waals surface area (Å²) in [6.45, 7) is 13.0. The van der Waals surface area contributed by atoms with E-state index in [1.54, 1.807) is 0 Å². The second-order valence-corrected chi connectivity index (χ2v) is 5.68. The van der Waals surface area contributed by atoms with Crippen LogP contribution in [-0.4, -0.2) is 12.1 Å². The fourth-order valence-corrected chi connectivity index (χ4v) is 2.70. The Morgan fingerprint density at radius 2 is 1.92 bits per heavy atom. The Hall–Kier alpha value is -0.0400. The molecule has 2 unspecified atom stereocenters. The van der Waals surface area contributed by atoms with Crippen LogP contribution in [0.3, 0.4) is 0 Å². The van der Waals surface area contributed by atoms with Gasteiger partial charge in [0.15, 0.2) is 0 Å². The van der Waals surface area contributed by atoms with Crippen LogP contribution < -0.4 is 5.32 Å². The van der Waals surface area contributed by atoms with Crippen LogP contribution in [0.15, 0.2) is 0 Å². The van der Waals surface area contributed by atoms with Gasteiger partial charge in [-0.05, 0) is 44.6 Å². The molecule has 13 heavy (non-hydrogen) atoms. The van der Waals surface area contributed by atoms with Gasteiger partial charge < -0.3 is 5.32 Å². The van der Waals surface area contributed by atoms with Crippen LogP contribution in [0.1, 0.15) is 53.9 Å². The second kappa shape index (κ2) is 3.61. The molecule has 0 aliphatic carbocycles. The third-order valence-corrected chi connectivity index (χ3v) is 4.02. The van der Waals surface area contributed by atoms with Gasteiger partial charge in [0.2, 0.25) is 0 Å².